The predicted molar refractivity (Wildman–Crippen MR) is 82.2 cm³/mol. The first-order chi connectivity index (χ1) is 9.73. The molecule has 0 unspecified atom stereocenters. The number of nitrogens with two attached hydrogens (primary N) is 1. The SMILES string of the molecule is CCc1ccc(N)cc1S(=O)(=O)NC1CCS(=O)(=O)CC1. The first-order valence-electron chi connectivity index (χ1n) is 6.84. The summed E-state index contributed by atoms with van der Waals surface area (Å²) in [7, 11) is -6.70. The molecule has 0 bridgehead atoms. The molecule has 3 N–H and O–H groups in total. The normalized spacial score (nSPS) is 19.5. The molecule has 1 aliphatic heterocycles. The lowest BCUT2D eigenvalue weighted by atomic mass is 10.1. The highest BCUT2D eigenvalue weighted by Crippen LogP contribution is 2.22. The molecule has 0 aromatic heterocycles. The fourth-order valence-corrected chi connectivity index (χ4v) is 5.55. The molecule has 0 saturated carbocycles. The average molecular weight is 332 g/mol. The third-order valence-electron chi connectivity index (χ3n) is 3.64. The Morgan fingerprint density at radius 1 is 1.29 bits per heavy atom. The van der Waals surface area contributed by atoms with E-state index in [4.69, 9.17) is 5.73 Å². The Morgan fingerprint density at radius 2 is 1.90 bits per heavy atom. The molecule has 118 valence electrons. The fourth-order valence-electron chi connectivity index (χ4n) is 2.40. The first-order valence-corrected chi connectivity index (χ1v) is 10.1. The van der Waals surface area contributed by atoms with Crippen molar-refractivity contribution in [3.8, 4) is 0 Å². The van der Waals surface area contributed by atoms with Crippen LogP contribution in [0.1, 0.15) is 25.3 Å². The highest BCUT2D eigenvalue weighted by Gasteiger charge is 2.28. The van der Waals surface area contributed by atoms with Gasteiger partial charge in [-0.25, -0.2) is 21.6 Å². The zero-order valence-electron chi connectivity index (χ0n) is 11.9. The summed E-state index contributed by atoms with van der Waals surface area (Å²) in [5, 5.41) is 0. The van der Waals surface area contributed by atoms with Gasteiger partial charge in [-0.3, -0.25) is 0 Å². The predicted octanol–water partition coefficient (Wildman–Crippen LogP) is 0.687. The summed E-state index contributed by atoms with van der Waals surface area (Å²) in [4.78, 5) is 0.179. The van der Waals surface area contributed by atoms with Crippen LogP contribution in [-0.4, -0.2) is 34.4 Å². The molecule has 1 aliphatic rings. The number of anilines is 1. The Morgan fingerprint density at radius 3 is 2.48 bits per heavy atom. The van der Waals surface area contributed by atoms with Gasteiger partial charge in [-0.05, 0) is 37.0 Å². The second kappa shape index (κ2) is 5.94. The van der Waals surface area contributed by atoms with Crippen LogP contribution in [0, 0.1) is 0 Å². The van der Waals surface area contributed by atoms with Gasteiger partial charge in [0, 0.05) is 11.7 Å². The standard InChI is InChI=1S/C13H20N2O4S2/c1-2-10-3-4-11(14)9-13(10)21(18,19)15-12-5-7-20(16,17)8-6-12/h3-4,9,12,15H,2,5-8,14H2,1H3. The molecule has 0 atom stereocenters. The number of sulfone groups is 1. The number of nitrogen functional groups attached to an aromatic ring is 1. The van der Waals surface area contributed by atoms with E-state index < -0.39 is 19.9 Å². The van der Waals surface area contributed by atoms with Crippen molar-refractivity contribution in [1.29, 1.82) is 0 Å². The monoisotopic (exact) mass is 332 g/mol. The molecule has 0 aliphatic carbocycles. The molecular formula is C13H20N2O4S2. The van der Waals surface area contributed by atoms with Crippen LogP contribution in [-0.2, 0) is 26.3 Å². The lowest BCUT2D eigenvalue weighted by molar-refractivity contribution is 0.505. The van der Waals surface area contributed by atoms with Crippen molar-refractivity contribution in [1.82, 2.24) is 4.72 Å². The van der Waals surface area contributed by atoms with Gasteiger partial charge in [0.1, 0.15) is 9.84 Å². The van der Waals surface area contributed by atoms with Gasteiger partial charge in [-0.15, -0.1) is 0 Å². The van der Waals surface area contributed by atoms with Crippen molar-refractivity contribution in [3.63, 3.8) is 0 Å². The third-order valence-corrected chi connectivity index (χ3v) is 6.96. The second-order valence-electron chi connectivity index (χ2n) is 5.27. The van der Waals surface area contributed by atoms with Crippen molar-refractivity contribution >= 4 is 25.5 Å². The topological polar surface area (TPSA) is 106 Å². The molecule has 1 aromatic carbocycles. The maximum Gasteiger partial charge on any atom is 0.241 e. The summed E-state index contributed by atoms with van der Waals surface area (Å²) < 4.78 is 50.3. The van der Waals surface area contributed by atoms with E-state index in [9.17, 15) is 16.8 Å². The van der Waals surface area contributed by atoms with Crippen LogP contribution in [0.15, 0.2) is 23.1 Å². The number of hydrogen-bond acceptors (Lipinski definition) is 5. The number of aryl methyl sites for hydroxylation is 1. The zero-order valence-corrected chi connectivity index (χ0v) is 13.5. The van der Waals surface area contributed by atoms with Gasteiger partial charge < -0.3 is 5.73 Å². The van der Waals surface area contributed by atoms with E-state index >= 15 is 0 Å². The quantitative estimate of drug-likeness (QED) is 0.789. The van der Waals surface area contributed by atoms with Crippen molar-refractivity contribution in [3.05, 3.63) is 23.8 Å². The Bertz CT molecular complexity index is 713. The molecule has 0 spiro atoms. The van der Waals surface area contributed by atoms with E-state index in [1.54, 1.807) is 12.1 Å². The van der Waals surface area contributed by atoms with Gasteiger partial charge in [-0.2, -0.15) is 0 Å². The highest BCUT2D eigenvalue weighted by atomic mass is 32.2. The van der Waals surface area contributed by atoms with E-state index in [0.717, 1.165) is 0 Å². The minimum Gasteiger partial charge on any atom is -0.399 e. The number of sulfonamides is 1. The van der Waals surface area contributed by atoms with E-state index in [1.807, 2.05) is 6.92 Å². The van der Waals surface area contributed by atoms with Gasteiger partial charge in [0.2, 0.25) is 10.0 Å². The van der Waals surface area contributed by atoms with Crippen LogP contribution < -0.4 is 10.5 Å². The van der Waals surface area contributed by atoms with Crippen LogP contribution in [0.2, 0.25) is 0 Å². The van der Waals surface area contributed by atoms with Gasteiger partial charge in [-0.1, -0.05) is 13.0 Å². The minimum atomic E-state index is -3.69. The average Bonchev–Trinajstić information content (AvgIpc) is 2.41. The van der Waals surface area contributed by atoms with E-state index in [1.165, 1.54) is 6.07 Å². The van der Waals surface area contributed by atoms with Crippen LogP contribution in [0.4, 0.5) is 5.69 Å². The number of nitrogens with one attached hydrogen (secondary N) is 1. The molecule has 1 aromatic rings. The van der Waals surface area contributed by atoms with Crippen LogP contribution in [0.5, 0.6) is 0 Å². The third kappa shape index (κ3) is 3.96. The maximum atomic E-state index is 12.5. The van der Waals surface area contributed by atoms with Gasteiger partial charge in [0.15, 0.2) is 0 Å². The summed E-state index contributed by atoms with van der Waals surface area (Å²) >= 11 is 0. The van der Waals surface area contributed by atoms with Crippen LogP contribution in [0.25, 0.3) is 0 Å². The Hall–Kier alpha value is -1.12. The summed E-state index contributed by atoms with van der Waals surface area (Å²) in [6.07, 6.45) is 1.20. The molecule has 6 nitrogen and oxygen atoms in total. The molecular weight excluding hydrogens is 312 g/mol. The Balaban J connectivity index is 2.21. The van der Waals surface area contributed by atoms with Crippen molar-refractivity contribution in [2.45, 2.75) is 37.1 Å². The summed E-state index contributed by atoms with van der Waals surface area (Å²) in [5.74, 6) is 0.0511. The Kier molecular flexibility index (Phi) is 4.60. The van der Waals surface area contributed by atoms with Crippen molar-refractivity contribution in [2.24, 2.45) is 0 Å². The highest BCUT2D eigenvalue weighted by molar-refractivity contribution is 7.91. The lowest BCUT2D eigenvalue weighted by Gasteiger charge is -2.23. The summed E-state index contributed by atoms with van der Waals surface area (Å²) in [6, 6.07) is 4.48. The summed E-state index contributed by atoms with van der Waals surface area (Å²) in [6.45, 7) is 1.87. The van der Waals surface area contributed by atoms with Gasteiger partial charge >= 0.3 is 0 Å². The van der Waals surface area contributed by atoms with E-state index in [0.29, 0.717) is 30.5 Å². The Labute approximate surface area is 125 Å². The first kappa shape index (κ1) is 16.3. The van der Waals surface area contributed by atoms with Crippen molar-refractivity contribution < 1.29 is 16.8 Å². The largest absolute Gasteiger partial charge is 0.399 e. The molecule has 0 amide bonds. The van der Waals surface area contributed by atoms with E-state index in [2.05, 4.69) is 4.72 Å². The van der Waals surface area contributed by atoms with Crippen LogP contribution >= 0.6 is 0 Å². The lowest BCUT2D eigenvalue weighted by Crippen LogP contribution is -2.41. The fraction of sp³-hybridized carbons (Fsp3) is 0.538. The molecule has 21 heavy (non-hydrogen) atoms. The zero-order chi connectivity index (χ0) is 15.7. The smallest absolute Gasteiger partial charge is 0.241 e. The number of benzene rings is 1. The van der Waals surface area contributed by atoms with E-state index in [-0.39, 0.29) is 22.4 Å². The number of hydrogen-bond donors (Lipinski definition) is 2. The molecule has 0 radical (unpaired) electrons. The minimum absolute atomic E-state index is 0.0255. The molecule has 8 heteroatoms. The molecule has 1 fully saturated rings. The molecule has 2 rings (SSSR count). The maximum absolute atomic E-state index is 12.5. The second-order valence-corrected chi connectivity index (χ2v) is 9.25. The van der Waals surface area contributed by atoms with Crippen LogP contribution in [0.3, 0.4) is 0 Å². The molecule has 1 heterocycles. The number of rotatable bonds is 4. The summed E-state index contributed by atoms with van der Waals surface area (Å²) in [5.41, 5.74) is 6.76. The van der Waals surface area contributed by atoms with Gasteiger partial charge in [0.05, 0.1) is 16.4 Å². The molecule has 1 saturated heterocycles. The van der Waals surface area contributed by atoms with Crippen molar-refractivity contribution in [2.75, 3.05) is 17.2 Å². The van der Waals surface area contributed by atoms with Gasteiger partial charge in [0.25, 0.3) is 0 Å².